The van der Waals surface area contributed by atoms with Crippen molar-refractivity contribution in [2.45, 2.75) is 26.3 Å². The maximum absolute atomic E-state index is 11.8. The summed E-state index contributed by atoms with van der Waals surface area (Å²) in [6, 6.07) is 0.0378. The fourth-order valence-electron chi connectivity index (χ4n) is 1.95. The Morgan fingerprint density at radius 1 is 1.75 bits per heavy atom. The minimum atomic E-state index is 0.0378. The molecule has 0 aliphatic carbocycles. The van der Waals surface area contributed by atoms with Gasteiger partial charge in [-0.1, -0.05) is 0 Å². The molecule has 1 fully saturated rings. The number of aryl methyl sites for hydroxylation is 1. The molecule has 1 aliphatic heterocycles. The van der Waals surface area contributed by atoms with Crippen LogP contribution in [0.5, 0.6) is 0 Å². The molecule has 2 unspecified atom stereocenters. The minimum absolute atomic E-state index is 0.0378. The van der Waals surface area contributed by atoms with Gasteiger partial charge in [-0.05, 0) is 13.8 Å². The summed E-state index contributed by atoms with van der Waals surface area (Å²) in [6.45, 7) is 4.63. The molecule has 4 heteroatoms. The number of hydrogen-bond acceptors (Lipinski definition) is 3. The molecule has 84 valence electrons. The number of likely N-dealkylation sites (tertiary alicyclic amines) is 1. The van der Waals surface area contributed by atoms with E-state index >= 15 is 0 Å². The monoisotopic (exact) mass is 234 g/mol. The molecule has 0 aromatic carbocycles. The summed E-state index contributed by atoms with van der Waals surface area (Å²) in [5.41, 5.74) is 0.966. The maximum Gasteiger partial charge on any atom is 0.224 e. The summed E-state index contributed by atoms with van der Waals surface area (Å²) in [6.07, 6.45) is 5.83. The van der Waals surface area contributed by atoms with Crippen LogP contribution < -0.4 is 0 Å². The molecule has 2 heterocycles. The van der Waals surface area contributed by atoms with Crippen molar-refractivity contribution < 1.29 is 4.79 Å². The zero-order chi connectivity index (χ0) is 11.7. The molecule has 16 heavy (non-hydrogen) atoms. The molecule has 1 saturated heterocycles. The van der Waals surface area contributed by atoms with Gasteiger partial charge in [-0.2, -0.15) is 0 Å². The molecule has 1 aromatic heterocycles. The van der Waals surface area contributed by atoms with Crippen LogP contribution in [0.15, 0.2) is 5.38 Å². The van der Waals surface area contributed by atoms with Crippen molar-refractivity contribution >= 4 is 17.2 Å². The minimum Gasteiger partial charge on any atom is -0.333 e. The molecular weight excluding hydrogens is 220 g/mol. The molecule has 0 saturated carbocycles. The first-order valence-corrected chi connectivity index (χ1v) is 6.17. The van der Waals surface area contributed by atoms with Crippen LogP contribution in [0.25, 0.3) is 0 Å². The Hall–Kier alpha value is -1.34. The normalized spacial score (nSPS) is 22.2. The average molecular weight is 234 g/mol. The van der Waals surface area contributed by atoms with Crippen LogP contribution >= 0.6 is 11.3 Å². The van der Waals surface area contributed by atoms with E-state index in [2.05, 4.69) is 10.9 Å². The van der Waals surface area contributed by atoms with Gasteiger partial charge in [0.2, 0.25) is 5.91 Å². The Labute approximate surface area is 99.5 Å². The highest BCUT2D eigenvalue weighted by atomic mass is 32.1. The van der Waals surface area contributed by atoms with Gasteiger partial charge < -0.3 is 4.90 Å². The van der Waals surface area contributed by atoms with E-state index in [1.807, 2.05) is 24.1 Å². The Morgan fingerprint density at radius 2 is 2.50 bits per heavy atom. The summed E-state index contributed by atoms with van der Waals surface area (Å²) < 4.78 is 0. The van der Waals surface area contributed by atoms with E-state index in [0.717, 1.165) is 10.7 Å². The summed E-state index contributed by atoms with van der Waals surface area (Å²) in [4.78, 5) is 18.0. The van der Waals surface area contributed by atoms with Gasteiger partial charge >= 0.3 is 0 Å². The molecule has 1 aliphatic rings. The van der Waals surface area contributed by atoms with Crippen molar-refractivity contribution in [2.75, 3.05) is 6.54 Å². The number of nitrogens with zero attached hydrogens (tertiary/aromatic N) is 2. The second-order valence-electron chi connectivity index (χ2n) is 4.08. The molecular formula is C12H14N2OS. The zero-order valence-corrected chi connectivity index (χ0v) is 10.3. The standard InChI is InChI=1S/C12H14N2OS/c1-4-10-5-12(15)14(6-10)8(2)11-7-16-9(3)13-11/h1,7-8,10H,5-6H2,2-3H3. The molecule has 0 N–H and O–H groups in total. The first-order chi connectivity index (χ1) is 7.61. The zero-order valence-electron chi connectivity index (χ0n) is 9.43. The average Bonchev–Trinajstić information content (AvgIpc) is 2.83. The van der Waals surface area contributed by atoms with Crippen LogP contribution in [0, 0.1) is 25.2 Å². The van der Waals surface area contributed by atoms with Crippen molar-refractivity contribution in [3.8, 4) is 12.3 Å². The van der Waals surface area contributed by atoms with Crippen molar-refractivity contribution in [2.24, 2.45) is 5.92 Å². The van der Waals surface area contributed by atoms with E-state index < -0.39 is 0 Å². The fraction of sp³-hybridized carbons (Fsp3) is 0.500. The molecule has 0 radical (unpaired) electrons. The third kappa shape index (κ3) is 1.96. The lowest BCUT2D eigenvalue weighted by molar-refractivity contribution is -0.129. The van der Waals surface area contributed by atoms with E-state index in [0.29, 0.717) is 13.0 Å². The third-order valence-corrected chi connectivity index (χ3v) is 3.72. The number of terminal acetylenes is 1. The Kier molecular flexibility index (Phi) is 2.97. The SMILES string of the molecule is C#CC1CC(=O)N(C(C)c2csc(C)n2)C1. The molecule has 3 nitrogen and oxygen atoms in total. The van der Waals surface area contributed by atoms with Gasteiger partial charge in [0.05, 0.1) is 16.7 Å². The lowest BCUT2D eigenvalue weighted by Crippen LogP contribution is -2.28. The van der Waals surface area contributed by atoms with Crippen LogP contribution in [0.1, 0.15) is 30.1 Å². The molecule has 0 bridgehead atoms. The van der Waals surface area contributed by atoms with Gasteiger partial charge in [0.25, 0.3) is 0 Å². The fourth-order valence-corrected chi connectivity index (χ4v) is 2.65. The molecule has 1 aromatic rings. The van der Waals surface area contributed by atoms with Gasteiger partial charge in [-0.25, -0.2) is 4.98 Å². The second kappa shape index (κ2) is 4.26. The van der Waals surface area contributed by atoms with Crippen molar-refractivity contribution in [3.63, 3.8) is 0 Å². The van der Waals surface area contributed by atoms with Crippen LogP contribution in [0.2, 0.25) is 0 Å². The highest BCUT2D eigenvalue weighted by molar-refractivity contribution is 7.09. The lowest BCUT2D eigenvalue weighted by atomic mass is 10.1. The van der Waals surface area contributed by atoms with Gasteiger partial charge in [-0.3, -0.25) is 4.79 Å². The Bertz CT molecular complexity index is 446. The van der Waals surface area contributed by atoms with Crippen LogP contribution in [-0.4, -0.2) is 22.3 Å². The highest BCUT2D eigenvalue weighted by Gasteiger charge is 2.32. The number of carbonyl (C=O) groups excluding carboxylic acids is 1. The second-order valence-corrected chi connectivity index (χ2v) is 5.14. The number of carbonyl (C=O) groups is 1. The maximum atomic E-state index is 11.8. The van der Waals surface area contributed by atoms with Crippen LogP contribution in [-0.2, 0) is 4.79 Å². The number of hydrogen-bond donors (Lipinski definition) is 0. The Morgan fingerprint density at radius 3 is 3.00 bits per heavy atom. The first kappa shape index (κ1) is 11.2. The first-order valence-electron chi connectivity index (χ1n) is 5.29. The topological polar surface area (TPSA) is 33.2 Å². The van der Waals surface area contributed by atoms with E-state index in [1.54, 1.807) is 11.3 Å². The van der Waals surface area contributed by atoms with Crippen molar-refractivity contribution in [1.82, 2.24) is 9.88 Å². The molecule has 2 rings (SSSR count). The number of aromatic nitrogens is 1. The Balaban J connectivity index is 2.14. The largest absolute Gasteiger partial charge is 0.333 e. The van der Waals surface area contributed by atoms with Gasteiger partial charge in [0.15, 0.2) is 0 Å². The van der Waals surface area contributed by atoms with E-state index in [4.69, 9.17) is 6.42 Å². The molecule has 1 amide bonds. The van der Waals surface area contributed by atoms with Crippen molar-refractivity contribution in [1.29, 1.82) is 0 Å². The summed E-state index contributed by atoms with van der Waals surface area (Å²) in [7, 11) is 0. The van der Waals surface area contributed by atoms with E-state index in [-0.39, 0.29) is 17.9 Å². The van der Waals surface area contributed by atoms with Gasteiger partial charge in [0, 0.05) is 24.3 Å². The van der Waals surface area contributed by atoms with E-state index in [9.17, 15) is 4.79 Å². The highest BCUT2D eigenvalue weighted by Crippen LogP contribution is 2.28. The lowest BCUT2D eigenvalue weighted by Gasteiger charge is -2.22. The predicted octanol–water partition coefficient (Wildman–Crippen LogP) is 1.99. The van der Waals surface area contributed by atoms with E-state index in [1.165, 1.54) is 0 Å². The number of amides is 1. The molecule has 0 spiro atoms. The molecule has 2 atom stereocenters. The van der Waals surface area contributed by atoms with Crippen LogP contribution in [0.3, 0.4) is 0 Å². The summed E-state index contributed by atoms with van der Waals surface area (Å²) in [5.74, 6) is 2.86. The summed E-state index contributed by atoms with van der Waals surface area (Å²) in [5, 5.41) is 3.04. The smallest absolute Gasteiger partial charge is 0.224 e. The number of rotatable bonds is 2. The van der Waals surface area contributed by atoms with Gasteiger partial charge in [-0.15, -0.1) is 23.7 Å². The quantitative estimate of drug-likeness (QED) is 0.733. The predicted molar refractivity (Wildman–Crippen MR) is 63.9 cm³/mol. The van der Waals surface area contributed by atoms with Crippen molar-refractivity contribution in [3.05, 3.63) is 16.1 Å². The number of thiazole rings is 1. The summed E-state index contributed by atoms with van der Waals surface area (Å²) >= 11 is 1.61. The van der Waals surface area contributed by atoms with Crippen LogP contribution in [0.4, 0.5) is 0 Å². The third-order valence-electron chi connectivity index (χ3n) is 2.93. The van der Waals surface area contributed by atoms with Gasteiger partial charge in [0.1, 0.15) is 0 Å².